The Labute approximate surface area is 118 Å². The van der Waals surface area contributed by atoms with E-state index in [-0.39, 0.29) is 22.6 Å². The third-order valence-corrected chi connectivity index (χ3v) is 3.94. The Morgan fingerprint density at radius 2 is 2.15 bits per heavy atom. The van der Waals surface area contributed by atoms with Crippen LogP contribution in [0.15, 0.2) is 6.07 Å². The van der Waals surface area contributed by atoms with E-state index < -0.39 is 12.5 Å². The van der Waals surface area contributed by atoms with E-state index in [1.54, 1.807) is 11.8 Å². The highest BCUT2D eigenvalue weighted by molar-refractivity contribution is 7.14. The molecule has 20 heavy (non-hydrogen) atoms. The molecule has 0 saturated carbocycles. The lowest BCUT2D eigenvalue weighted by Crippen LogP contribution is -2.60. The summed E-state index contributed by atoms with van der Waals surface area (Å²) in [5, 5.41) is 2.70. The number of hydrogen-bond donors (Lipinski definition) is 1. The van der Waals surface area contributed by atoms with Gasteiger partial charge in [-0.3, -0.25) is 9.59 Å². The maximum Gasteiger partial charge on any atom is 0.387 e. The number of likely N-dealkylation sites (tertiary alicyclic amines) is 1. The molecule has 1 aliphatic heterocycles. The molecule has 8 heteroatoms. The zero-order valence-electron chi connectivity index (χ0n) is 11.0. The van der Waals surface area contributed by atoms with Gasteiger partial charge in [-0.2, -0.15) is 8.78 Å². The van der Waals surface area contributed by atoms with Crippen molar-refractivity contribution >= 4 is 23.2 Å². The zero-order chi connectivity index (χ0) is 14.9. The van der Waals surface area contributed by atoms with E-state index in [2.05, 4.69) is 10.1 Å². The van der Waals surface area contributed by atoms with Crippen molar-refractivity contribution in [3.63, 3.8) is 0 Å². The number of ether oxygens (including phenoxy) is 1. The van der Waals surface area contributed by atoms with E-state index in [9.17, 15) is 18.4 Å². The van der Waals surface area contributed by atoms with Crippen molar-refractivity contribution in [1.29, 1.82) is 0 Å². The molecule has 1 aromatic heterocycles. The Balaban J connectivity index is 1.98. The molecule has 0 aliphatic carbocycles. The molecule has 5 nitrogen and oxygen atoms in total. The topological polar surface area (TPSA) is 58.6 Å². The summed E-state index contributed by atoms with van der Waals surface area (Å²) in [7, 11) is 0. The predicted octanol–water partition coefficient (Wildman–Crippen LogP) is 1.62. The molecule has 110 valence electrons. The van der Waals surface area contributed by atoms with Crippen LogP contribution in [0, 0.1) is 6.92 Å². The number of alkyl halides is 2. The molecule has 1 aliphatic rings. The molecule has 2 heterocycles. The van der Waals surface area contributed by atoms with Crippen molar-refractivity contribution in [1.82, 2.24) is 10.2 Å². The molecular formula is C12H14F2N2O3S. The Bertz CT molecular complexity index is 527. The van der Waals surface area contributed by atoms with E-state index in [0.717, 1.165) is 11.3 Å². The van der Waals surface area contributed by atoms with Gasteiger partial charge in [-0.05, 0) is 13.0 Å². The van der Waals surface area contributed by atoms with Crippen molar-refractivity contribution in [2.45, 2.75) is 26.5 Å². The Kier molecular flexibility index (Phi) is 4.22. The number of nitrogens with zero attached hydrogens (tertiary/aromatic N) is 1. The zero-order valence-corrected chi connectivity index (χ0v) is 11.8. The molecule has 0 bridgehead atoms. The van der Waals surface area contributed by atoms with Crippen LogP contribution in [0.2, 0.25) is 0 Å². The molecular weight excluding hydrogens is 290 g/mol. The molecule has 2 amide bonds. The first-order valence-electron chi connectivity index (χ1n) is 5.98. The molecule has 2 rings (SSSR count). The molecule has 0 unspecified atom stereocenters. The van der Waals surface area contributed by atoms with Gasteiger partial charge in [0.25, 0.3) is 5.91 Å². The minimum Gasteiger partial charge on any atom is -0.433 e. The summed E-state index contributed by atoms with van der Waals surface area (Å²) < 4.78 is 28.9. The van der Waals surface area contributed by atoms with Crippen LogP contribution >= 0.6 is 11.3 Å². The van der Waals surface area contributed by atoms with Gasteiger partial charge in [-0.1, -0.05) is 0 Å². The first-order valence-corrected chi connectivity index (χ1v) is 6.80. The van der Waals surface area contributed by atoms with Crippen molar-refractivity contribution in [2.75, 3.05) is 13.1 Å². The quantitative estimate of drug-likeness (QED) is 0.919. The Hall–Kier alpha value is -1.70. The van der Waals surface area contributed by atoms with Crippen LogP contribution in [0.3, 0.4) is 0 Å². The molecule has 1 saturated heterocycles. The van der Waals surface area contributed by atoms with E-state index >= 15 is 0 Å². The van der Waals surface area contributed by atoms with E-state index in [1.807, 2.05) is 0 Å². The number of hydrogen-bond acceptors (Lipinski definition) is 4. The van der Waals surface area contributed by atoms with Crippen LogP contribution in [0.25, 0.3) is 0 Å². The lowest BCUT2D eigenvalue weighted by molar-refractivity contribution is -0.133. The van der Waals surface area contributed by atoms with Crippen molar-refractivity contribution in [3.05, 3.63) is 15.8 Å². The predicted molar refractivity (Wildman–Crippen MR) is 69.2 cm³/mol. The van der Waals surface area contributed by atoms with Gasteiger partial charge in [0.15, 0.2) is 0 Å². The third kappa shape index (κ3) is 3.24. The minimum atomic E-state index is -2.97. The summed E-state index contributed by atoms with van der Waals surface area (Å²) >= 11 is 1.10. The lowest BCUT2D eigenvalue weighted by atomic mass is 10.1. The SMILES string of the molecule is CC(=O)N1CC(NC(=O)c2sc(C)cc2OC(F)F)C1. The first kappa shape index (κ1) is 14.7. The van der Waals surface area contributed by atoms with Crippen LogP contribution in [0.4, 0.5) is 8.78 Å². The smallest absolute Gasteiger partial charge is 0.387 e. The van der Waals surface area contributed by atoms with Gasteiger partial charge in [0.2, 0.25) is 5.91 Å². The van der Waals surface area contributed by atoms with Crippen LogP contribution in [-0.2, 0) is 4.79 Å². The molecule has 1 fully saturated rings. The summed E-state index contributed by atoms with van der Waals surface area (Å²) in [6, 6.07) is 1.27. The van der Waals surface area contributed by atoms with Crippen molar-refractivity contribution < 1.29 is 23.1 Å². The molecule has 0 atom stereocenters. The summed E-state index contributed by atoms with van der Waals surface area (Å²) in [5.41, 5.74) is 0. The number of carbonyl (C=O) groups excluding carboxylic acids is 2. The average Bonchev–Trinajstić information content (AvgIpc) is 2.62. The number of rotatable bonds is 4. The van der Waals surface area contributed by atoms with E-state index in [1.165, 1.54) is 13.0 Å². The lowest BCUT2D eigenvalue weighted by Gasteiger charge is -2.38. The molecule has 0 spiro atoms. The molecule has 0 radical (unpaired) electrons. The highest BCUT2D eigenvalue weighted by Crippen LogP contribution is 2.30. The van der Waals surface area contributed by atoms with E-state index in [0.29, 0.717) is 18.0 Å². The normalized spacial score (nSPS) is 15.2. The standard InChI is InChI=1S/C12H14F2N2O3S/c1-6-3-9(19-12(13)14)10(20-6)11(18)15-8-4-16(5-8)7(2)17/h3,8,12H,4-5H2,1-2H3,(H,15,18). The number of aryl methyl sites for hydroxylation is 1. The van der Waals surface area contributed by atoms with Crippen LogP contribution in [-0.4, -0.2) is 42.5 Å². The molecule has 1 N–H and O–H groups in total. The number of amides is 2. The second kappa shape index (κ2) is 5.74. The van der Waals surface area contributed by atoms with Gasteiger partial charge in [0, 0.05) is 24.9 Å². The second-order valence-electron chi connectivity index (χ2n) is 4.52. The number of thiophene rings is 1. The van der Waals surface area contributed by atoms with Gasteiger partial charge in [0.1, 0.15) is 10.6 Å². The number of halogens is 2. The number of carbonyl (C=O) groups is 2. The summed E-state index contributed by atoms with van der Waals surface area (Å²) in [6.07, 6.45) is 0. The fourth-order valence-electron chi connectivity index (χ4n) is 1.91. The van der Waals surface area contributed by atoms with Crippen LogP contribution in [0.1, 0.15) is 21.5 Å². The molecule has 1 aromatic rings. The Morgan fingerprint density at radius 1 is 1.50 bits per heavy atom. The van der Waals surface area contributed by atoms with Gasteiger partial charge in [-0.25, -0.2) is 0 Å². The van der Waals surface area contributed by atoms with Gasteiger partial charge in [-0.15, -0.1) is 11.3 Å². The van der Waals surface area contributed by atoms with Gasteiger partial charge in [0.05, 0.1) is 6.04 Å². The average molecular weight is 304 g/mol. The van der Waals surface area contributed by atoms with Crippen LogP contribution < -0.4 is 10.1 Å². The van der Waals surface area contributed by atoms with Gasteiger partial charge < -0.3 is 15.0 Å². The highest BCUT2D eigenvalue weighted by Gasteiger charge is 2.31. The van der Waals surface area contributed by atoms with Crippen molar-refractivity contribution in [2.24, 2.45) is 0 Å². The maximum absolute atomic E-state index is 12.3. The second-order valence-corrected chi connectivity index (χ2v) is 5.78. The van der Waals surface area contributed by atoms with E-state index in [4.69, 9.17) is 0 Å². The summed E-state index contributed by atoms with van der Waals surface area (Å²) in [4.78, 5) is 25.5. The minimum absolute atomic E-state index is 0.0517. The Morgan fingerprint density at radius 3 is 2.70 bits per heavy atom. The fourth-order valence-corrected chi connectivity index (χ4v) is 2.76. The maximum atomic E-state index is 12.3. The number of nitrogens with one attached hydrogen (secondary N) is 1. The fraction of sp³-hybridized carbons (Fsp3) is 0.500. The highest BCUT2D eigenvalue weighted by atomic mass is 32.1. The third-order valence-electron chi connectivity index (χ3n) is 2.91. The van der Waals surface area contributed by atoms with Crippen LogP contribution in [0.5, 0.6) is 5.75 Å². The summed E-state index contributed by atoms with van der Waals surface area (Å²) in [5.74, 6) is -0.612. The van der Waals surface area contributed by atoms with Crippen molar-refractivity contribution in [3.8, 4) is 5.75 Å². The summed E-state index contributed by atoms with van der Waals surface area (Å²) in [6.45, 7) is 1.08. The molecule has 0 aromatic carbocycles. The largest absolute Gasteiger partial charge is 0.433 e. The first-order chi connectivity index (χ1) is 9.36. The van der Waals surface area contributed by atoms with Gasteiger partial charge >= 0.3 is 6.61 Å². The monoisotopic (exact) mass is 304 g/mol.